The number of nitrogens with zero attached hydrogens (tertiary/aromatic N) is 3. The first-order valence-corrected chi connectivity index (χ1v) is 11.7. The second-order valence-electron chi connectivity index (χ2n) is 9.22. The van der Waals surface area contributed by atoms with Crippen molar-refractivity contribution in [1.82, 2.24) is 14.7 Å². The number of carbonyl (C=O) groups excluding carboxylic acids is 2. The average Bonchev–Trinajstić information content (AvgIpc) is 3.03. The largest absolute Gasteiger partial charge is 0.481 e. The van der Waals surface area contributed by atoms with Crippen molar-refractivity contribution in [3.63, 3.8) is 0 Å². The Labute approximate surface area is 197 Å². The molecule has 0 aromatic heterocycles. The van der Waals surface area contributed by atoms with Gasteiger partial charge in [-0.3, -0.25) is 14.4 Å². The van der Waals surface area contributed by atoms with E-state index in [4.69, 9.17) is 0 Å². The summed E-state index contributed by atoms with van der Waals surface area (Å²) in [6.45, 7) is 6.07. The molecule has 0 aliphatic carbocycles. The van der Waals surface area contributed by atoms with E-state index in [1.54, 1.807) is 11.8 Å². The lowest BCUT2D eigenvalue weighted by Crippen LogP contribution is -2.45. The second-order valence-corrected chi connectivity index (χ2v) is 9.22. The number of carbonyl (C=O) groups is 3. The maximum atomic E-state index is 13.0. The highest BCUT2D eigenvalue weighted by Crippen LogP contribution is 2.32. The Hall–Kier alpha value is -2.62. The summed E-state index contributed by atoms with van der Waals surface area (Å²) in [5, 5.41) is 9.34. The Balaban J connectivity index is 1.63. The first-order chi connectivity index (χ1) is 16.0. The van der Waals surface area contributed by atoms with Gasteiger partial charge in [-0.05, 0) is 68.5 Å². The summed E-state index contributed by atoms with van der Waals surface area (Å²) in [5.41, 5.74) is -0.608. The molecule has 2 aliphatic heterocycles. The Kier molecular flexibility index (Phi) is 8.57. The molecule has 3 rings (SSSR count). The number of halogens is 3. The summed E-state index contributed by atoms with van der Waals surface area (Å²) in [5.74, 6) is -1.22. The van der Waals surface area contributed by atoms with Gasteiger partial charge < -0.3 is 19.8 Å². The van der Waals surface area contributed by atoms with Gasteiger partial charge >= 0.3 is 12.1 Å². The zero-order valence-corrected chi connectivity index (χ0v) is 19.4. The highest BCUT2D eigenvalue weighted by Gasteiger charge is 2.34. The Morgan fingerprint density at radius 3 is 2.29 bits per heavy atom. The van der Waals surface area contributed by atoms with Crippen molar-refractivity contribution in [1.29, 1.82) is 0 Å². The number of rotatable bonds is 6. The van der Waals surface area contributed by atoms with Crippen molar-refractivity contribution < 1.29 is 32.7 Å². The number of piperidine rings is 1. The molecule has 2 saturated heterocycles. The zero-order valence-electron chi connectivity index (χ0n) is 19.4. The van der Waals surface area contributed by atoms with Crippen LogP contribution in [0.25, 0.3) is 0 Å². The fourth-order valence-electron chi connectivity index (χ4n) is 4.93. The molecule has 0 radical (unpaired) electrons. The number of hydrogen-bond donors (Lipinski definition) is 1. The minimum absolute atomic E-state index is 0.0181. The van der Waals surface area contributed by atoms with Crippen molar-refractivity contribution in [3.05, 3.63) is 35.4 Å². The lowest BCUT2D eigenvalue weighted by atomic mass is 9.81. The van der Waals surface area contributed by atoms with Crippen molar-refractivity contribution in [2.75, 3.05) is 45.8 Å². The van der Waals surface area contributed by atoms with Crippen LogP contribution in [-0.2, 0) is 15.8 Å². The SMILES string of the molecule is CC(=O)N1CCCN(CCC2CN(C(=O)c3ccc(C(F)(F)F)cc3)CCC2CC(=O)O)CC1. The fourth-order valence-corrected chi connectivity index (χ4v) is 4.93. The predicted molar refractivity (Wildman–Crippen MR) is 119 cm³/mol. The minimum atomic E-state index is -4.46. The van der Waals surface area contributed by atoms with Crippen molar-refractivity contribution in [3.8, 4) is 0 Å². The van der Waals surface area contributed by atoms with E-state index in [-0.39, 0.29) is 35.6 Å². The highest BCUT2D eigenvalue weighted by atomic mass is 19.4. The molecule has 0 saturated carbocycles. The monoisotopic (exact) mass is 483 g/mol. The summed E-state index contributed by atoms with van der Waals surface area (Å²) in [7, 11) is 0. The molecule has 2 atom stereocenters. The summed E-state index contributed by atoms with van der Waals surface area (Å²) < 4.78 is 38.5. The van der Waals surface area contributed by atoms with Gasteiger partial charge in [-0.1, -0.05) is 0 Å². The fraction of sp³-hybridized carbons (Fsp3) is 0.625. The molecule has 10 heteroatoms. The molecule has 7 nitrogen and oxygen atoms in total. The molecule has 1 aromatic rings. The normalized spacial score (nSPS) is 22.4. The quantitative estimate of drug-likeness (QED) is 0.672. The van der Waals surface area contributed by atoms with Crippen LogP contribution in [0.15, 0.2) is 24.3 Å². The van der Waals surface area contributed by atoms with Gasteiger partial charge in [-0.25, -0.2) is 0 Å². The van der Waals surface area contributed by atoms with Crippen LogP contribution in [0.5, 0.6) is 0 Å². The number of hydrogen-bond acceptors (Lipinski definition) is 4. The molecule has 2 fully saturated rings. The van der Waals surface area contributed by atoms with Crippen LogP contribution < -0.4 is 0 Å². The van der Waals surface area contributed by atoms with Crippen molar-refractivity contribution in [2.45, 2.75) is 38.8 Å². The van der Waals surface area contributed by atoms with E-state index >= 15 is 0 Å². The van der Waals surface area contributed by atoms with E-state index in [2.05, 4.69) is 4.90 Å². The van der Waals surface area contributed by atoms with Gasteiger partial charge in [-0.15, -0.1) is 0 Å². The molecular formula is C24H32F3N3O4. The van der Waals surface area contributed by atoms with Gasteiger partial charge in [0.2, 0.25) is 5.91 Å². The third-order valence-corrected chi connectivity index (χ3v) is 6.92. The molecule has 2 heterocycles. The Bertz CT molecular complexity index is 875. The molecule has 34 heavy (non-hydrogen) atoms. The third-order valence-electron chi connectivity index (χ3n) is 6.92. The van der Waals surface area contributed by atoms with Gasteiger partial charge in [0.25, 0.3) is 5.91 Å². The average molecular weight is 484 g/mol. The van der Waals surface area contributed by atoms with Gasteiger partial charge in [0.05, 0.1) is 5.56 Å². The van der Waals surface area contributed by atoms with Gasteiger partial charge in [0.15, 0.2) is 0 Å². The molecule has 188 valence electrons. The maximum absolute atomic E-state index is 13.0. The molecule has 1 aromatic carbocycles. The van der Waals surface area contributed by atoms with E-state index in [1.807, 2.05) is 4.90 Å². The standard InChI is InChI=1S/C24H32F3N3O4/c1-17(31)29-10-2-9-28(13-14-29)11-7-20-16-30(12-8-19(20)15-22(32)33)23(34)18-3-5-21(6-4-18)24(25,26)27/h3-6,19-20H,2,7-16H2,1H3,(H,32,33). The Morgan fingerprint density at radius 1 is 0.971 bits per heavy atom. The van der Waals surface area contributed by atoms with Crippen LogP contribution in [0.3, 0.4) is 0 Å². The third kappa shape index (κ3) is 6.94. The number of likely N-dealkylation sites (tertiary alicyclic amines) is 1. The highest BCUT2D eigenvalue weighted by molar-refractivity contribution is 5.94. The van der Waals surface area contributed by atoms with Gasteiger partial charge in [-0.2, -0.15) is 13.2 Å². The van der Waals surface area contributed by atoms with E-state index < -0.39 is 17.7 Å². The van der Waals surface area contributed by atoms with Crippen molar-refractivity contribution in [2.24, 2.45) is 11.8 Å². The van der Waals surface area contributed by atoms with Gasteiger partial charge in [0.1, 0.15) is 0 Å². The molecule has 2 aliphatic rings. The first-order valence-electron chi connectivity index (χ1n) is 11.7. The summed E-state index contributed by atoms with van der Waals surface area (Å²) in [4.78, 5) is 41.8. The molecule has 1 N–H and O–H groups in total. The lowest BCUT2D eigenvalue weighted by molar-refractivity contribution is -0.139. The maximum Gasteiger partial charge on any atom is 0.416 e. The summed E-state index contributed by atoms with van der Waals surface area (Å²) in [6.07, 6.45) is -2.29. The van der Waals surface area contributed by atoms with E-state index in [0.717, 1.165) is 51.2 Å². The van der Waals surface area contributed by atoms with Crippen LogP contribution in [0.1, 0.15) is 48.5 Å². The molecule has 0 spiro atoms. The number of carboxylic acid groups (broad SMARTS) is 1. The van der Waals surface area contributed by atoms with Crippen LogP contribution in [0.2, 0.25) is 0 Å². The van der Waals surface area contributed by atoms with Crippen LogP contribution in [0, 0.1) is 11.8 Å². The summed E-state index contributed by atoms with van der Waals surface area (Å²) >= 11 is 0. The van der Waals surface area contributed by atoms with Crippen molar-refractivity contribution >= 4 is 17.8 Å². The molecular weight excluding hydrogens is 451 g/mol. The molecule has 2 amide bonds. The topological polar surface area (TPSA) is 81.2 Å². The minimum Gasteiger partial charge on any atom is -0.481 e. The van der Waals surface area contributed by atoms with Crippen LogP contribution in [-0.4, -0.2) is 83.4 Å². The number of benzene rings is 1. The van der Waals surface area contributed by atoms with E-state index in [0.29, 0.717) is 26.1 Å². The number of alkyl halides is 3. The summed E-state index contributed by atoms with van der Waals surface area (Å²) in [6, 6.07) is 4.21. The smallest absolute Gasteiger partial charge is 0.416 e. The zero-order chi connectivity index (χ0) is 24.9. The predicted octanol–water partition coefficient (Wildman–Crippen LogP) is 3.20. The number of carboxylic acids is 1. The van der Waals surface area contributed by atoms with E-state index in [9.17, 15) is 32.7 Å². The van der Waals surface area contributed by atoms with Gasteiger partial charge in [0, 0.05) is 51.6 Å². The number of amides is 2. The first kappa shape index (κ1) is 26.0. The van der Waals surface area contributed by atoms with Crippen LogP contribution in [0.4, 0.5) is 13.2 Å². The van der Waals surface area contributed by atoms with Crippen LogP contribution >= 0.6 is 0 Å². The molecule has 2 unspecified atom stereocenters. The molecule has 0 bridgehead atoms. The second kappa shape index (κ2) is 11.2. The lowest BCUT2D eigenvalue weighted by Gasteiger charge is -2.39. The number of aliphatic carboxylic acids is 1. The Morgan fingerprint density at radius 2 is 1.68 bits per heavy atom. The van der Waals surface area contributed by atoms with E-state index in [1.165, 1.54) is 12.1 Å².